The quantitative estimate of drug-likeness (QED) is 0.782. The van der Waals surface area contributed by atoms with Crippen molar-refractivity contribution in [2.24, 2.45) is 12.5 Å². The molecule has 0 aliphatic carbocycles. The second-order valence-corrected chi connectivity index (χ2v) is 8.69. The van der Waals surface area contributed by atoms with Crippen LogP contribution in [-0.2, 0) is 24.9 Å². The van der Waals surface area contributed by atoms with Crippen LogP contribution >= 0.6 is 0 Å². The Morgan fingerprint density at radius 3 is 2.69 bits per heavy atom. The highest BCUT2D eigenvalue weighted by Crippen LogP contribution is 2.45. The van der Waals surface area contributed by atoms with Crippen molar-refractivity contribution in [1.29, 1.82) is 0 Å². The van der Waals surface area contributed by atoms with Crippen molar-refractivity contribution in [3.05, 3.63) is 41.1 Å². The lowest BCUT2D eigenvalue weighted by atomic mass is 9.71. The first kappa shape index (κ1) is 20.1. The molecule has 0 aromatic carbocycles. The van der Waals surface area contributed by atoms with Crippen LogP contribution in [0.1, 0.15) is 42.0 Å². The number of rotatable bonds is 4. The first-order valence-electron chi connectivity index (χ1n) is 10.1. The number of carbonyl (C=O) groups is 1. The maximum absolute atomic E-state index is 14.8. The lowest BCUT2D eigenvalue weighted by Gasteiger charge is -2.49. The van der Waals surface area contributed by atoms with Crippen LogP contribution in [-0.4, -0.2) is 51.0 Å². The molecule has 4 heterocycles. The largest absolute Gasteiger partial charge is 0.469 e. The maximum Gasteiger partial charge on any atom is 0.261 e. The lowest BCUT2D eigenvalue weighted by Crippen LogP contribution is -2.60. The summed E-state index contributed by atoms with van der Waals surface area (Å²) in [7, 11) is 1.84. The van der Waals surface area contributed by atoms with Gasteiger partial charge in [-0.3, -0.25) is 14.4 Å². The normalized spacial score (nSPS) is 25.1. The average Bonchev–Trinajstić information content (AvgIpc) is 3.15. The van der Waals surface area contributed by atoms with Crippen LogP contribution in [0.15, 0.2) is 22.8 Å². The molecule has 2 aromatic rings. The van der Waals surface area contributed by atoms with E-state index in [1.807, 2.05) is 33.0 Å². The second-order valence-electron chi connectivity index (χ2n) is 8.69. The van der Waals surface area contributed by atoms with Gasteiger partial charge in [-0.2, -0.15) is 5.10 Å². The number of carbonyl (C=O) groups excluding carboxylic acids is 1. The van der Waals surface area contributed by atoms with Crippen molar-refractivity contribution in [3.8, 4) is 0 Å². The van der Waals surface area contributed by atoms with E-state index in [1.54, 1.807) is 20.7 Å². The molecule has 6 nitrogen and oxygen atoms in total. The first-order chi connectivity index (χ1) is 13.7. The number of aromatic nitrogens is 2. The Labute approximate surface area is 169 Å². The Hall–Kier alpha value is -2.22. The molecule has 2 aliphatic heterocycles. The molecule has 1 spiro atoms. The van der Waals surface area contributed by atoms with Gasteiger partial charge in [-0.15, -0.1) is 0 Å². The highest BCUT2D eigenvalue weighted by molar-refractivity contribution is 5.84. The number of nitrogens with zero attached hydrogens (tertiary/aromatic N) is 4. The van der Waals surface area contributed by atoms with Gasteiger partial charge in [-0.05, 0) is 38.8 Å². The van der Waals surface area contributed by atoms with E-state index in [9.17, 15) is 13.6 Å². The molecule has 29 heavy (non-hydrogen) atoms. The molecule has 1 unspecified atom stereocenters. The molecule has 0 N–H and O–H groups in total. The average molecular weight is 406 g/mol. The molecule has 4 rings (SSSR count). The smallest absolute Gasteiger partial charge is 0.261 e. The van der Waals surface area contributed by atoms with Gasteiger partial charge < -0.3 is 9.32 Å². The number of piperidine rings is 2. The van der Waals surface area contributed by atoms with Crippen LogP contribution < -0.4 is 0 Å². The summed E-state index contributed by atoms with van der Waals surface area (Å²) in [6.07, 6.45) is 2.44. The first-order valence-corrected chi connectivity index (χ1v) is 10.1. The molecular weight excluding hydrogens is 378 g/mol. The van der Waals surface area contributed by atoms with Gasteiger partial charge >= 0.3 is 0 Å². The van der Waals surface area contributed by atoms with Gasteiger partial charge in [-0.1, -0.05) is 0 Å². The Morgan fingerprint density at radius 2 is 2.03 bits per heavy atom. The summed E-state index contributed by atoms with van der Waals surface area (Å²) in [5, 5.41) is 4.33. The van der Waals surface area contributed by atoms with E-state index in [0.717, 1.165) is 29.1 Å². The number of aryl methyl sites for hydroxylation is 3. The molecule has 2 aromatic heterocycles. The van der Waals surface area contributed by atoms with E-state index in [-0.39, 0.29) is 18.9 Å². The Balaban J connectivity index is 1.56. The van der Waals surface area contributed by atoms with Gasteiger partial charge in [0.05, 0.1) is 36.2 Å². The van der Waals surface area contributed by atoms with Crippen LogP contribution in [0.2, 0.25) is 0 Å². The molecule has 0 radical (unpaired) electrons. The Kier molecular flexibility index (Phi) is 5.01. The van der Waals surface area contributed by atoms with Gasteiger partial charge in [0.25, 0.3) is 5.92 Å². The van der Waals surface area contributed by atoms with Crippen molar-refractivity contribution in [2.75, 3.05) is 19.6 Å². The molecule has 158 valence electrons. The topological polar surface area (TPSA) is 54.5 Å². The van der Waals surface area contributed by atoms with Crippen LogP contribution in [0.4, 0.5) is 8.78 Å². The molecule has 0 bridgehead atoms. The van der Waals surface area contributed by atoms with Crippen LogP contribution in [0.3, 0.4) is 0 Å². The zero-order chi connectivity index (χ0) is 20.8. The summed E-state index contributed by atoms with van der Waals surface area (Å²) in [5.41, 5.74) is 1.66. The Bertz CT molecular complexity index is 906. The summed E-state index contributed by atoms with van der Waals surface area (Å²) in [6.45, 7) is 5.13. The van der Waals surface area contributed by atoms with Gasteiger partial charge in [0, 0.05) is 38.7 Å². The molecule has 2 fully saturated rings. The molecular formula is C21H28F2N4O2. The molecule has 1 atom stereocenters. The zero-order valence-electron chi connectivity index (χ0n) is 17.3. The van der Waals surface area contributed by atoms with E-state index in [4.69, 9.17) is 4.42 Å². The number of hydrogen-bond acceptors (Lipinski definition) is 4. The lowest BCUT2D eigenvalue weighted by molar-refractivity contribution is -0.171. The number of hydrogen-bond donors (Lipinski definition) is 0. The summed E-state index contributed by atoms with van der Waals surface area (Å²) in [6, 6.07) is 3.76. The molecule has 2 saturated heterocycles. The monoisotopic (exact) mass is 406 g/mol. The van der Waals surface area contributed by atoms with Gasteiger partial charge in [0.1, 0.15) is 5.76 Å². The van der Waals surface area contributed by atoms with Crippen LogP contribution in [0, 0.1) is 19.3 Å². The molecule has 8 heteroatoms. The summed E-state index contributed by atoms with van der Waals surface area (Å²) in [4.78, 5) is 16.9. The van der Waals surface area contributed by atoms with Crippen molar-refractivity contribution >= 4 is 5.91 Å². The van der Waals surface area contributed by atoms with E-state index in [0.29, 0.717) is 32.6 Å². The molecule has 2 aliphatic rings. The summed E-state index contributed by atoms with van der Waals surface area (Å²) < 4.78 is 36.6. The fourth-order valence-electron chi connectivity index (χ4n) is 4.97. The van der Waals surface area contributed by atoms with Crippen molar-refractivity contribution in [2.45, 2.75) is 52.1 Å². The van der Waals surface area contributed by atoms with Gasteiger partial charge in [0.15, 0.2) is 0 Å². The standard InChI is InChI=1S/C21H28F2N4O2/c1-15-9-18(25(3)24-15)11-27-7-4-6-20(19(27)28)12-21(22,23)14-26(13-20)10-17-5-8-29-16(17)2/h5,8-9H,4,6-7,10-14H2,1-3H3. The number of alkyl halides is 2. The van der Waals surface area contributed by atoms with E-state index in [1.165, 1.54) is 0 Å². The number of halogens is 2. The van der Waals surface area contributed by atoms with Crippen molar-refractivity contribution in [1.82, 2.24) is 19.6 Å². The summed E-state index contributed by atoms with van der Waals surface area (Å²) in [5.74, 6) is -2.32. The Morgan fingerprint density at radius 1 is 1.24 bits per heavy atom. The van der Waals surface area contributed by atoms with E-state index in [2.05, 4.69) is 5.10 Å². The van der Waals surface area contributed by atoms with Crippen LogP contribution in [0.5, 0.6) is 0 Å². The fraction of sp³-hybridized carbons (Fsp3) is 0.619. The molecule has 0 saturated carbocycles. The van der Waals surface area contributed by atoms with E-state index < -0.39 is 11.3 Å². The van der Waals surface area contributed by atoms with Crippen molar-refractivity contribution < 1.29 is 18.0 Å². The minimum Gasteiger partial charge on any atom is -0.469 e. The third-order valence-corrected chi connectivity index (χ3v) is 6.21. The highest BCUT2D eigenvalue weighted by atomic mass is 19.3. The second kappa shape index (κ2) is 7.23. The molecule has 1 amide bonds. The van der Waals surface area contributed by atoms with Crippen molar-refractivity contribution in [3.63, 3.8) is 0 Å². The van der Waals surface area contributed by atoms with Gasteiger partial charge in [0.2, 0.25) is 5.91 Å². The third-order valence-electron chi connectivity index (χ3n) is 6.21. The fourth-order valence-corrected chi connectivity index (χ4v) is 4.97. The SMILES string of the molecule is Cc1cc(CN2CCCC3(CN(Cc4ccoc4C)CC(F)(F)C3)C2=O)n(C)n1. The predicted octanol–water partition coefficient (Wildman–Crippen LogP) is 3.28. The summed E-state index contributed by atoms with van der Waals surface area (Å²) >= 11 is 0. The van der Waals surface area contributed by atoms with Gasteiger partial charge in [-0.25, -0.2) is 8.78 Å². The minimum atomic E-state index is -2.89. The number of likely N-dealkylation sites (tertiary alicyclic amines) is 2. The van der Waals surface area contributed by atoms with Crippen LogP contribution in [0.25, 0.3) is 0 Å². The predicted molar refractivity (Wildman–Crippen MR) is 103 cm³/mol. The number of furan rings is 1. The zero-order valence-corrected chi connectivity index (χ0v) is 17.3. The third kappa shape index (κ3) is 3.95. The minimum absolute atomic E-state index is 0.157. The highest BCUT2D eigenvalue weighted by Gasteiger charge is 2.55. The number of amides is 1. The van der Waals surface area contributed by atoms with E-state index >= 15 is 0 Å². The maximum atomic E-state index is 14.8.